The minimum atomic E-state index is -0.254. The molecule has 3 aliphatic rings. The Balaban J connectivity index is 1.11. The fourth-order valence-corrected chi connectivity index (χ4v) is 7.13. The number of carbonyl (C=O) groups excluding carboxylic acids is 1. The Morgan fingerprint density at radius 1 is 1.18 bits per heavy atom. The summed E-state index contributed by atoms with van der Waals surface area (Å²) >= 11 is 1.48. The first-order chi connectivity index (χ1) is 19.1. The second kappa shape index (κ2) is 9.85. The minimum Gasteiger partial charge on any atom is -0.383 e. The highest BCUT2D eigenvalue weighted by molar-refractivity contribution is 7.21. The Labute approximate surface area is 227 Å². The summed E-state index contributed by atoms with van der Waals surface area (Å²) in [6.45, 7) is 3.86. The highest BCUT2D eigenvalue weighted by atomic mass is 32.1. The number of ether oxygens (including phenoxy) is 1. The average molecular weight is 547 g/mol. The van der Waals surface area contributed by atoms with Gasteiger partial charge in [-0.15, -0.1) is 11.3 Å². The summed E-state index contributed by atoms with van der Waals surface area (Å²) in [6, 6.07) is 2.36. The summed E-state index contributed by atoms with van der Waals surface area (Å²) in [7, 11) is 1.66. The van der Waals surface area contributed by atoms with Crippen molar-refractivity contribution in [3.63, 3.8) is 0 Å². The number of methoxy groups -OCH3 is 1. The first-order valence-corrected chi connectivity index (χ1v) is 14.3. The van der Waals surface area contributed by atoms with Crippen molar-refractivity contribution in [1.29, 1.82) is 0 Å². The van der Waals surface area contributed by atoms with Crippen molar-refractivity contribution in [3.8, 4) is 10.4 Å². The smallest absolute Gasteiger partial charge is 0.261 e. The average Bonchev–Trinajstić information content (AvgIpc) is 3.67. The van der Waals surface area contributed by atoms with Gasteiger partial charge in [-0.2, -0.15) is 10.2 Å². The number of thiazole rings is 1. The molecule has 2 bridgehead atoms. The lowest BCUT2D eigenvalue weighted by Gasteiger charge is -2.45. The Hall–Kier alpha value is -3.61. The molecular weight excluding hydrogens is 516 g/mol. The molecule has 0 radical (unpaired) electrons. The second-order valence-electron chi connectivity index (χ2n) is 10.6. The number of rotatable bonds is 8. The zero-order valence-corrected chi connectivity index (χ0v) is 22.5. The molecule has 0 spiro atoms. The van der Waals surface area contributed by atoms with Gasteiger partial charge in [0.15, 0.2) is 0 Å². The molecule has 202 valence electrons. The van der Waals surface area contributed by atoms with Gasteiger partial charge in [0.25, 0.3) is 11.5 Å². The molecule has 12 heteroatoms. The first-order valence-electron chi connectivity index (χ1n) is 13.5. The summed E-state index contributed by atoms with van der Waals surface area (Å²) in [6.07, 6.45) is 12.5. The number of hydrogen-bond donors (Lipinski definition) is 2. The van der Waals surface area contributed by atoms with Crippen molar-refractivity contribution >= 4 is 44.0 Å². The maximum atomic E-state index is 13.2. The maximum absolute atomic E-state index is 13.2. The predicted molar refractivity (Wildman–Crippen MR) is 149 cm³/mol. The van der Waals surface area contributed by atoms with E-state index in [0.717, 1.165) is 34.3 Å². The van der Waals surface area contributed by atoms with Crippen LogP contribution in [0.2, 0.25) is 0 Å². The number of pyridine rings is 2. The lowest BCUT2D eigenvalue weighted by Crippen LogP contribution is -2.50. The summed E-state index contributed by atoms with van der Waals surface area (Å²) in [5.41, 5.74) is 2.71. The molecular formula is C27H30N8O3S. The van der Waals surface area contributed by atoms with Crippen LogP contribution in [0.3, 0.4) is 0 Å². The van der Waals surface area contributed by atoms with E-state index < -0.39 is 0 Å². The fraction of sp³-hybridized carbons (Fsp3) is 0.444. The van der Waals surface area contributed by atoms with Crippen LogP contribution in [0.1, 0.15) is 36.0 Å². The number of piperidine rings is 2. The van der Waals surface area contributed by atoms with Gasteiger partial charge in [-0.25, -0.2) is 4.52 Å². The van der Waals surface area contributed by atoms with E-state index in [1.54, 1.807) is 30.1 Å². The van der Waals surface area contributed by atoms with E-state index >= 15 is 0 Å². The number of fused-ring (bicyclic) bond motifs is 8. The first kappa shape index (κ1) is 24.4. The van der Waals surface area contributed by atoms with E-state index in [1.165, 1.54) is 37.0 Å². The lowest BCUT2D eigenvalue weighted by molar-refractivity contribution is 0.0494. The molecule has 1 amide bonds. The molecule has 8 rings (SSSR count). The quantitative estimate of drug-likeness (QED) is 0.307. The highest BCUT2D eigenvalue weighted by Gasteiger charge is 2.33. The topological polar surface area (TPSA) is 122 Å². The highest BCUT2D eigenvalue weighted by Crippen LogP contribution is 2.35. The molecule has 0 aromatic carbocycles. The summed E-state index contributed by atoms with van der Waals surface area (Å²) in [5, 5.41) is 12.6. The number of nitrogens with one attached hydrogen (secondary N) is 2. The number of hydrogen-bond acceptors (Lipinski definition) is 8. The molecule has 0 atom stereocenters. The van der Waals surface area contributed by atoms with Gasteiger partial charge in [0.1, 0.15) is 21.3 Å². The van der Waals surface area contributed by atoms with Gasteiger partial charge in [0.2, 0.25) is 0 Å². The number of aromatic amines is 1. The molecule has 2 N–H and O–H groups in total. The van der Waals surface area contributed by atoms with Crippen molar-refractivity contribution < 1.29 is 9.53 Å². The molecule has 1 aliphatic carbocycles. The predicted octanol–water partition coefficient (Wildman–Crippen LogP) is 2.90. The van der Waals surface area contributed by atoms with Gasteiger partial charge in [-0.05, 0) is 37.7 Å². The second-order valence-corrected chi connectivity index (χ2v) is 11.6. The van der Waals surface area contributed by atoms with Gasteiger partial charge >= 0.3 is 0 Å². The van der Waals surface area contributed by atoms with Gasteiger partial charge in [0, 0.05) is 56.9 Å². The number of carbonyl (C=O) groups is 1. The number of H-pyrrole nitrogens is 1. The standard InChI is InChI=1S/C27H30N8O3S/c1-38-9-8-34-14-18(12-30-34)21-15-35-27(39-21)22-24(32-35)23-20(31-26(22)37)10-17(11-29-23)25(36)28-6-7-33-13-16-2-4-19(33)5-3-16/h10-12,14-16,19H,2-9,13H2,1H3,(H,28,36)(H,31,37). The van der Waals surface area contributed by atoms with Crippen molar-refractivity contribution in [2.45, 2.75) is 38.3 Å². The molecule has 2 saturated heterocycles. The lowest BCUT2D eigenvalue weighted by atomic mass is 9.80. The SMILES string of the molecule is COCCn1cc(-c2cn3nc4c5ncc(C(=O)NCCN6CC7CCC6CC7)cc5[nH]c(=O)c4c3s2)cn1. The van der Waals surface area contributed by atoms with Crippen molar-refractivity contribution in [1.82, 2.24) is 39.6 Å². The van der Waals surface area contributed by atoms with E-state index in [0.29, 0.717) is 53.2 Å². The van der Waals surface area contributed by atoms with E-state index in [2.05, 4.69) is 25.3 Å². The van der Waals surface area contributed by atoms with Crippen LogP contribution in [0, 0.1) is 5.92 Å². The van der Waals surface area contributed by atoms with Crippen molar-refractivity contribution in [3.05, 3.63) is 46.8 Å². The molecule has 3 fully saturated rings. The molecule has 7 heterocycles. The zero-order chi connectivity index (χ0) is 26.5. The number of aromatic nitrogens is 6. The van der Waals surface area contributed by atoms with Crippen LogP contribution in [0.5, 0.6) is 0 Å². The molecule has 39 heavy (non-hydrogen) atoms. The molecule has 0 unspecified atom stereocenters. The van der Waals surface area contributed by atoms with E-state index in [1.807, 2.05) is 17.1 Å². The number of nitrogens with zero attached hydrogens (tertiary/aromatic N) is 6. The van der Waals surface area contributed by atoms with Crippen LogP contribution in [0.15, 0.2) is 35.6 Å². The van der Waals surface area contributed by atoms with Crippen LogP contribution >= 0.6 is 11.3 Å². The summed E-state index contributed by atoms with van der Waals surface area (Å²) in [5.74, 6) is 0.632. The van der Waals surface area contributed by atoms with Gasteiger partial charge in [-0.1, -0.05) is 0 Å². The maximum Gasteiger partial charge on any atom is 0.261 e. The van der Waals surface area contributed by atoms with Gasteiger partial charge in [0.05, 0.1) is 35.3 Å². The van der Waals surface area contributed by atoms with Crippen LogP contribution < -0.4 is 10.9 Å². The van der Waals surface area contributed by atoms with Crippen LogP contribution in [0.25, 0.3) is 37.2 Å². The van der Waals surface area contributed by atoms with E-state index in [-0.39, 0.29) is 11.5 Å². The third-order valence-electron chi connectivity index (χ3n) is 8.11. The van der Waals surface area contributed by atoms with Gasteiger partial charge in [-0.3, -0.25) is 24.2 Å². The third-order valence-corrected chi connectivity index (χ3v) is 9.26. The Kier molecular flexibility index (Phi) is 6.17. The fourth-order valence-electron chi connectivity index (χ4n) is 6.07. The summed E-state index contributed by atoms with van der Waals surface area (Å²) in [4.78, 5) is 37.7. The Morgan fingerprint density at radius 2 is 2.05 bits per heavy atom. The van der Waals surface area contributed by atoms with Crippen molar-refractivity contribution in [2.75, 3.05) is 33.4 Å². The monoisotopic (exact) mass is 546 g/mol. The Morgan fingerprint density at radius 3 is 2.85 bits per heavy atom. The molecule has 2 aliphatic heterocycles. The molecule has 1 saturated carbocycles. The van der Waals surface area contributed by atoms with E-state index in [4.69, 9.17) is 9.84 Å². The molecule has 5 aromatic heterocycles. The normalized spacial score (nSPS) is 19.5. The van der Waals surface area contributed by atoms with Crippen molar-refractivity contribution in [2.24, 2.45) is 5.92 Å². The van der Waals surface area contributed by atoms with Crippen LogP contribution in [-0.2, 0) is 11.3 Å². The van der Waals surface area contributed by atoms with Crippen LogP contribution in [-0.4, -0.2) is 79.6 Å². The number of amides is 1. The minimum absolute atomic E-state index is 0.186. The van der Waals surface area contributed by atoms with E-state index in [9.17, 15) is 9.59 Å². The Bertz CT molecular complexity index is 1740. The largest absolute Gasteiger partial charge is 0.383 e. The zero-order valence-electron chi connectivity index (χ0n) is 21.7. The van der Waals surface area contributed by atoms with Gasteiger partial charge < -0.3 is 15.0 Å². The molecule has 5 aromatic rings. The molecule has 11 nitrogen and oxygen atoms in total. The third kappa shape index (κ3) is 4.42. The van der Waals surface area contributed by atoms with Crippen LogP contribution in [0.4, 0.5) is 0 Å². The summed E-state index contributed by atoms with van der Waals surface area (Å²) < 4.78 is 8.67.